The summed E-state index contributed by atoms with van der Waals surface area (Å²) in [7, 11) is 1.74. The molecule has 122 valence electrons. The van der Waals surface area contributed by atoms with Gasteiger partial charge in [0.05, 0.1) is 11.7 Å². The molecule has 0 radical (unpaired) electrons. The predicted octanol–water partition coefficient (Wildman–Crippen LogP) is 3.24. The van der Waals surface area contributed by atoms with E-state index in [0.29, 0.717) is 5.56 Å². The van der Waals surface area contributed by atoms with Gasteiger partial charge >= 0.3 is 0 Å². The number of carbonyl (C=O) groups is 1. The molecule has 0 N–H and O–H groups in total. The average Bonchev–Trinajstić information content (AvgIpc) is 3.15. The highest BCUT2D eigenvalue weighted by atomic mass is 19.1. The van der Waals surface area contributed by atoms with E-state index in [1.807, 2.05) is 31.2 Å². The number of benzene rings is 2. The number of amides is 1. The van der Waals surface area contributed by atoms with Gasteiger partial charge in [-0.2, -0.15) is 5.10 Å². The first-order chi connectivity index (χ1) is 11.6. The normalized spacial score (nSPS) is 12.0. The largest absolute Gasteiger partial charge is 0.335 e. The van der Waals surface area contributed by atoms with Crippen LogP contribution in [0.2, 0.25) is 0 Å². The van der Waals surface area contributed by atoms with E-state index in [0.717, 1.165) is 11.3 Å². The van der Waals surface area contributed by atoms with Crippen molar-refractivity contribution < 1.29 is 9.18 Å². The summed E-state index contributed by atoms with van der Waals surface area (Å²) in [6, 6.07) is 13.2. The number of nitrogens with zero attached hydrogens (tertiary/aromatic N) is 4. The van der Waals surface area contributed by atoms with Gasteiger partial charge in [-0.3, -0.25) is 4.79 Å². The topological polar surface area (TPSA) is 51.0 Å². The zero-order chi connectivity index (χ0) is 17.1. The van der Waals surface area contributed by atoms with Crippen LogP contribution < -0.4 is 0 Å². The van der Waals surface area contributed by atoms with Gasteiger partial charge in [-0.05, 0) is 48.9 Å². The molecule has 6 heteroatoms. The van der Waals surface area contributed by atoms with Crippen LogP contribution in [0.3, 0.4) is 0 Å². The van der Waals surface area contributed by atoms with E-state index in [9.17, 15) is 9.18 Å². The van der Waals surface area contributed by atoms with E-state index >= 15 is 0 Å². The molecule has 0 fully saturated rings. The SMILES string of the molecule is C[C@H](c1ccc(-n2cncn2)cc1)N(C)C(=O)c1ccc(F)cc1. The fraction of sp³-hybridized carbons (Fsp3) is 0.167. The number of aromatic nitrogens is 3. The number of carbonyl (C=O) groups excluding carboxylic acids is 1. The van der Waals surface area contributed by atoms with Crippen molar-refractivity contribution in [2.75, 3.05) is 7.05 Å². The smallest absolute Gasteiger partial charge is 0.254 e. The van der Waals surface area contributed by atoms with Crippen LogP contribution in [0.4, 0.5) is 4.39 Å². The van der Waals surface area contributed by atoms with Crippen molar-refractivity contribution in [1.82, 2.24) is 19.7 Å². The summed E-state index contributed by atoms with van der Waals surface area (Å²) in [5.74, 6) is -0.506. The molecule has 0 unspecified atom stereocenters. The molecule has 1 heterocycles. The van der Waals surface area contributed by atoms with Crippen LogP contribution in [0, 0.1) is 5.82 Å². The standard InChI is InChI=1S/C18H17FN4O/c1-13(22(2)18(24)15-3-7-16(19)8-4-15)14-5-9-17(10-6-14)23-12-20-11-21-23/h3-13H,1-2H3/t13-/m1/s1. The first-order valence-electron chi connectivity index (χ1n) is 7.54. The Balaban J connectivity index is 1.76. The van der Waals surface area contributed by atoms with Crippen LogP contribution in [0.5, 0.6) is 0 Å². The Morgan fingerprint density at radius 2 is 1.79 bits per heavy atom. The van der Waals surface area contributed by atoms with Crippen LogP contribution in [0.25, 0.3) is 5.69 Å². The minimum Gasteiger partial charge on any atom is -0.335 e. The van der Waals surface area contributed by atoms with Gasteiger partial charge in [0.15, 0.2) is 0 Å². The molecule has 24 heavy (non-hydrogen) atoms. The number of hydrogen-bond donors (Lipinski definition) is 0. The van der Waals surface area contributed by atoms with Gasteiger partial charge in [0.1, 0.15) is 18.5 Å². The van der Waals surface area contributed by atoms with Gasteiger partial charge in [0.25, 0.3) is 5.91 Å². The summed E-state index contributed by atoms with van der Waals surface area (Å²) in [5.41, 5.74) is 2.36. The lowest BCUT2D eigenvalue weighted by Crippen LogP contribution is -2.29. The van der Waals surface area contributed by atoms with E-state index in [-0.39, 0.29) is 17.8 Å². The molecule has 0 saturated heterocycles. The summed E-state index contributed by atoms with van der Waals surface area (Å²) in [6.07, 6.45) is 3.11. The lowest BCUT2D eigenvalue weighted by Gasteiger charge is -2.25. The van der Waals surface area contributed by atoms with Gasteiger partial charge in [0, 0.05) is 12.6 Å². The second-order valence-electron chi connectivity index (χ2n) is 5.53. The molecule has 2 aromatic carbocycles. The highest BCUT2D eigenvalue weighted by Crippen LogP contribution is 2.22. The lowest BCUT2D eigenvalue weighted by molar-refractivity contribution is 0.0742. The third kappa shape index (κ3) is 3.17. The van der Waals surface area contributed by atoms with Crippen molar-refractivity contribution in [3.8, 4) is 5.69 Å². The van der Waals surface area contributed by atoms with Crippen molar-refractivity contribution in [2.24, 2.45) is 0 Å². The van der Waals surface area contributed by atoms with E-state index in [2.05, 4.69) is 10.1 Å². The molecule has 0 bridgehead atoms. The van der Waals surface area contributed by atoms with Crippen molar-refractivity contribution >= 4 is 5.91 Å². The minimum atomic E-state index is -0.356. The Morgan fingerprint density at radius 1 is 1.12 bits per heavy atom. The van der Waals surface area contributed by atoms with Gasteiger partial charge in [-0.1, -0.05) is 12.1 Å². The molecule has 0 aliphatic rings. The van der Waals surface area contributed by atoms with Gasteiger partial charge in [-0.25, -0.2) is 14.1 Å². The van der Waals surface area contributed by atoms with Crippen molar-refractivity contribution in [3.05, 3.63) is 78.1 Å². The van der Waals surface area contributed by atoms with E-state index < -0.39 is 0 Å². The van der Waals surface area contributed by atoms with Gasteiger partial charge in [-0.15, -0.1) is 0 Å². The lowest BCUT2D eigenvalue weighted by atomic mass is 10.1. The van der Waals surface area contributed by atoms with Crippen molar-refractivity contribution in [1.29, 1.82) is 0 Å². The second-order valence-corrected chi connectivity index (χ2v) is 5.53. The highest BCUT2D eigenvalue weighted by Gasteiger charge is 2.19. The van der Waals surface area contributed by atoms with Crippen LogP contribution in [-0.2, 0) is 0 Å². The summed E-state index contributed by atoms with van der Waals surface area (Å²) in [6.45, 7) is 1.95. The Kier molecular flexibility index (Phi) is 4.37. The second kappa shape index (κ2) is 6.62. The Labute approximate surface area is 139 Å². The quantitative estimate of drug-likeness (QED) is 0.740. The monoisotopic (exact) mass is 324 g/mol. The van der Waals surface area contributed by atoms with Crippen molar-refractivity contribution in [2.45, 2.75) is 13.0 Å². The first-order valence-corrected chi connectivity index (χ1v) is 7.54. The summed E-state index contributed by atoms with van der Waals surface area (Å²) in [4.78, 5) is 18.1. The zero-order valence-electron chi connectivity index (χ0n) is 13.4. The molecule has 1 aromatic heterocycles. The maximum Gasteiger partial charge on any atom is 0.254 e. The van der Waals surface area contributed by atoms with Crippen LogP contribution in [-0.4, -0.2) is 32.6 Å². The minimum absolute atomic E-state index is 0.118. The summed E-state index contributed by atoms with van der Waals surface area (Å²) < 4.78 is 14.7. The van der Waals surface area contributed by atoms with E-state index in [1.165, 1.54) is 30.6 Å². The maximum atomic E-state index is 13.0. The molecule has 5 nitrogen and oxygen atoms in total. The number of halogens is 1. The Hall–Kier alpha value is -3.02. The average molecular weight is 324 g/mol. The van der Waals surface area contributed by atoms with Crippen LogP contribution >= 0.6 is 0 Å². The molecule has 0 saturated carbocycles. The Bertz CT molecular complexity index is 813. The molecule has 0 aliphatic carbocycles. The molecule has 3 aromatic rings. The fourth-order valence-electron chi connectivity index (χ4n) is 2.44. The molecular formula is C18H17FN4O. The highest BCUT2D eigenvalue weighted by molar-refractivity contribution is 5.94. The fourth-order valence-corrected chi connectivity index (χ4v) is 2.44. The van der Waals surface area contributed by atoms with Crippen molar-refractivity contribution in [3.63, 3.8) is 0 Å². The predicted molar refractivity (Wildman–Crippen MR) is 88.3 cm³/mol. The molecule has 0 aliphatic heterocycles. The molecule has 3 rings (SSSR count). The molecule has 1 atom stereocenters. The molecular weight excluding hydrogens is 307 g/mol. The van der Waals surface area contributed by atoms with E-state index in [4.69, 9.17) is 0 Å². The molecule has 0 spiro atoms. The van der Waals surface area contributed by atoms with Crippen LogP contribution in [0.15, 0.2) is 61.2 Å². The first kappa shape index (κ1) is 15.9. The van der Waals surface area contributed by atoms with E-state index in [1.54, 1.807) is 23.0 Å². The summed E-state index contributed by atoms with van der Waals surface area (Å²) >= 11 is 0. The Morgan fingerprint density at radius 3 is 2.38 bits per heavy atom. The zero-order valence-corrected chi connectivity index (χ0v) is 13.4. The maximum absolute atomic E-state index is 13.0. The number of rotatable bonds is 4. The van der Waals surface area contributed by atoms with Gasteiger partial charge in [0.2, 0.25) is 0 Å². The van der Waals surface area contributed by atoms with Crippen LogP contribution in [0.1, 0.15) is 28.9 Å². The third-order valence-electron chi connectivity index (χ3n) is 4.05. The summed E-state index contributed by atoms with van der Waals surface area (Å²) in [5, 5.41) is 4.08. The number of hydrogen-bond acceptors (Lipinski definition) is 3. The third-order valence-corrected chi connectivity index (χ3v) is 4.05. The van der Waals surface area contributed by atoms with Gasteiger partial charge < -0.3 is 4.90 Å². The molecule has 1 amide bonds.